The van der Waals surface area contributed by atoms with Crippen molar-refractivity contribution in [1.82, 2.24) is 0 Å². The van der Waals surface area contributed by atoms with Crippen molar-refractivity contribution in [2.24, 2.45) is 0 Å². The van der Waals surface area contributed by atoms with Gasteiger partial charge in [0.15, 0.2) is 0 Å². The molecule has 0 aromatic heterocycles. The summed E-state index contributed by atoms with van der Waals surface area (Å²) in [5.41, 5.74) is 0. The molecule has 0 nitrogen and oxygen atoms in total. The minimum absolute atomic E-state index is 0.300. The zero-order valence-corrected chi connectivity index (χ0v) is 5.90. The highest BCUT2D eigenvalue weighted by molar-refractivity contribution is 8.09. The van der Waals surface area contributed by atoms with Crippen LogP contribution in [0.5, 0.6) is 0 Å². The molecular formula is C8H8S. The first-order valence-corrected chi connectivity index (χ1v) is 3.93. The van der Waals surface area contributed by atoms with Gasteiger partial charge in [0.25, 0.3) is 0 Å². The minimum Gasteiger partial charge on any atom is -0.136 e. The molecule has 0 aromatic carbocycles. The number of thioether (sulfide) groups is 1. The topological polar surface area (TPSA) is 0 Å². The zero-order valence-electron chi connectivity index (χ0n) is 5.08. The summed E-state index contributed by atoms with van der Waals surface area (Å²) in [5, 5.41) is 0.694. The van der Waals surface area contributed by atoms with Crippen LogP contribution in [0.3, 0.4) is 0 Å². The van der Waals surface area contributed by atoms with Gasteiger partial charge in [-0.05, 0) is 0 Å². The Labute approximate surface area is 59.3 Å². The first-order valence-electron chi connectivity index (χ1n) is 3.05. The van der Waals surface area contributed by atoms with Gasteiger partial charge in [0.1, 0.15) is 0 Å². The molecule has 0 aromatic rings. The third-order valence-corrected chi connectivity index (χ3v) is 3.30. The van der Waals surface area contributed by atoms with Crippen molar-refractivity contribution in [3.63, 3.8) is 0 Å². The fourth-order valence-electron chi connectivity index (χ4n) is 1.11. The molecule has 2 aliphatic rings. The molecule has 0 spiro atoms. The van der Waals surface area contributed by atoms with Gasteiger partial charge in [0.05, 0.1) is 4.75 Å². The molecule has 0 saturated carbocycles. The lowest BCUT2D eigenvalue weighted by Crippen LogP contribution is -2.06. The maximum absolute atomic E-state index is 3.79. The number of fused-ring (bicyclic) bond motifs is 1. The molecule has 46 valence electrons. The van der Waals surface area contributed by atoms with Crippen molar-refractivity contribution >= 4 is 11.8 Å². The molecule has 0 bridgehead atoms. The summed E-state index contributed by atoms with van der Waals surface area (Å²) >= 11 is 1.95. The summed E-state index contributed by atoms with van der Waals surface area (Å²) in [6.45, 7) is 3.79. The maximum Gasteiger partial charge on any atom is 0.0679 e. The molecule has 2 atom stereocenters. The SMILES string of the molecule is C=CC12C=CC=CC1S2. The molecule has 0 radical (unpaired) electrons. The highest BCUT2D eigenvalue weighted by Gasteiger charge is 2.50. The molecule has 1 aliphatic heterocycles. The highest BCUT2D eigenvalue weighted by atomic mass is 32.2. The fraction of sp³-hybridized carbons (Fsp3) is 0.250. The predicted octanol–water partition coefficient (Wildman–Crippen LogP) is 2.15. The monoisotopic (exact) mass is 136 g/mol. The molecular weight excluding hydrogens is 128 g/mol. The lowest BCUT2D eigenvalue weighted by molar-refractivity contribution is 1.02. The van der Waals surface area contributed by atoms with Crippen molar-refractivity contribution in [3.05, 3.63) is 37.0 Å². The molecule has 0 amide bonds. The molecule has 1 heteroatoms. The van der Waals surface area contributed by atoms with E-state index in [2.05, 4.69) is 30.9 Å². The van der Waals surface area contributed by atoms with Gasteiger partial charge in [-0.1, -0.05) is 30.4 Å². The van der Waals surface area contributed by atoms with Gasteiger partial charge < -0.3 is 0 Å². The van der Waals surface area contributed by atoms with E-state index in [1.54, 1.807) is 0 Å². The predicted molar refractivity (Wildman–Crippen MR) is 42.6 cm³/mol. The van der Waals surface area contributed by atoms with Crippen molar-refractivity contribution in [2.45, 2.75) is 10.00 Å². The number of hydrogen-bond acceptors (Lipinski definition) is 1. The number of rotatable bonds is 1. The normalized spacial score (nSPS) is 44.2. The molecule has 1 heterocycles. The average Bonchev–Trinajstić information content (AvgIpc) is 2.62. The van der Waals surface area contributed by atoms with Crippen molar-refractivity contribution in [3.8, 4) is 0 Å². The zero-order chi connectivity index (χ0) is 6.32. The Morgan fingerprint density at radius 1 is 1.56 bits per heavy atom. The summed E-state index contributed by atoms with van der Waals surface area (Å²) in [6.07, 6.45) is 10.7. The van der Waals surface area contributed by atoms with Gasteiger partial charge in [-0.3, -0.25) is 0 Å². The van der Waals surface area contributed by atoms with Crippen molar-refractivity contribution in [2.75, 3.05) is 0 Å². The molecule has 0 N–H and O–H groups in total. The van der Waals surface area contributed by atoms with E-state index in [1.165, 1.54) is 0 Å². The summed E-state index contributed by atoms with van der Waals surface area (Å²) in [7, 11) is 0. The standard InChI is InChI=1S/C8H8S/c1-2-8-6-4-3-5-7(8)9-8/h2-7H,1H2. The van der Waals surface area contributed by atoms with E-state index in [9.17, 15) is 0 Å². The number of allylic oxidation sites excluding steroid dienone is 2. The van der Waals surface area contributed by atoms with Crippen LogP contribution >= 0.6 is 11.8 Å². The minimum atomic E-state index is 0.300. The molecule has 1 aliphatic carbocycles. The molecule has 2 unspecified atom stereocenters. The van der Waals surface area contributed by atoms with Crippen LogP contribution in [0.15, 0.2) is 37.0 Å². The van der Waals surface area contributed by atoms with Gasteiger partial charge in [0, 0.05) is 5.25 Å². The van der Waals surface area contributed by atoms with Crippen LogP contribution in [-0.4, -0.2) is 10.00 Å². The van der Waals surface area contributed by atoms with Crippen molar-refractivity contribution in [1.29, 1.82) is 0 Å². The van der Waals surface area contributed by atoms with E-state index < -0.39 is 0 Å². The van der Waals surface area contributed by atoms with Crippen LogP contribution in [0.1, 0.15) is 0 Å². The maximum atomic E-state index is 3.79. The van der Waals surface area contributed by atoms with Crippen LogP contribution in [0.2, 0.25) is 0 Å². The largest absolute Gasteiger partial charge is 0.136 e. The summed E-state index contributed by atoms with van der Waals surface area (Å²) in [4.78, 5) is 0. The van der Waals surface area contributed by atoms with Crippen LogP contribution in [0.25, 0.3) is 0 Å². The Balaban J connectivity index is 2.32. The fourth-order valence-corrected chi connectivity index (χ4v) is 2.16. The highest BCUT2D eigenvalue weighted by Crippen LogP contribution is 2.57. The van der Waals surface area contributed by atoms with Gasteiger partial charge in [-0.15, -0.1) is 18.3 Å². The number of hydrogen-bond donors (Lipinski definition) is 0. The van der Waals surface area contributed by atoms with Crippen LogP contribution < -0.4 is 0 Å². The van der Waals surface area contributed by atoms with Gasteiger partial charge >= 0.3 is 0 Å². The van der Waals surface area contributed by atoms with E-state index in [-0.39, 0.29) is 0 Å². The smallest absolute Gasteiger partial charge is 0.0679 e. The molecule has 1 fully saturated rings. The van der Waals surface area contributed by atoms with E-state index in [1.807, 2.05) is 17.8 Å². The van der Waals surface area contributed by atoms with E-state index in [0.717, 1.165) is 0 Å². The third kappa shape index (κ3) is 0.613. The summed E-state index contributed by atoms with van der Waals surface area (Å²) < 4.78 is 0.300. The Morgan fingerprint density at radius 3 is 3.00 bits per heavy atom. The molecule has 1 saturated heterocycles. The van der Waals surface area contributed by atoms with E-state index in [0.29, 0.717) is 10.00 Å². The van der Waals surface area contributed by atoms with E-state index >= 15 is 0 Å². The van der Waals surface area contributed by atoms with Crippen LogP contribution in [0, 0.1) is 0 Å². The van der Waals surface area contributed by atoms with Crippen molar-refractivity contribution < 1.29 is 0 Å². The third-order valence-electron chi connectivity index (χ3n) is 1.79. The van der Waals surface area contributed by atoms with Crippen LogP contribution in [0.4, 0.5) is 0 Å². The van der Waals surface area contributed by atoms with Gasteiger partial charge in [0.2, 0.25) is 0 Å². The van der Waals surface area contributed by atoms with Gasteiger partial charge in [-0.2, -0.15) is 0 Å². The quantitative estimate of drug-likeness (QED) is 0.393. The van der Waals surface area contributed by atoms with E-state index in [4.69, 9.17) is 0 Å². The first kappa shape index (κ1) is 5.36. The summed E-state index contributed by atoms with van der Waals surface area (Å²) in [5.74, 6) is 0. The Kier molecular flexibility index (Phi) is 0.917. The second kappa shape index (κ2) is 1.54. The Morgan fingerprint density at radius 2 is 2.44 bits per heavy atom. The lowest BCUT2D eigenvalue weighted by atomic mass is 10.0. The van der Waals surface area contributed by atoms with Gasteiger partial charge in [-0.25, -0.2) is 0 Å². The second-order valence-corrected chi connectivity index (χ2v) is 3.79. The first-order chi connectivity index (χ1) is 4.37. The molecule has 2 rings (SSSR count). The lowest BCUT2D eigenvalue weighted by Gasteiger charge is -2.01. The average molecular weight is 136 g/mol. The Hall–Kier alpha value is -0.430. The Bertz CT molecular complexity index is 203. The summed E-state index contributed by atoms with van der Waals surface area (Å²) in [6, 6.07) is 0. The van der Waals surface area contributed by atoms with Crippen LogP contribution in [-0.2, 0) is 0 Å². The molecule has 9 heavy (non-hydrogen) atoms. The second-order valence-electron chi connectivity index (χ2n) is 2.34.